The average molecular weight is 307 g/mol. The van der Waals surface area contributed by atoms with Crippen molar-refractivity contribution in [2.24, 2.45) is 0 Å². The lowest BCUT2D eigenvalue weighted by Crippen LogP contribution is -1.93. The quantitative estimate of drug-likeness (QED) is 0.833. The van der Waals surface area contributed by atoms with Gasteiger partial charge in [-0.25, -0.2) is 4.79 Å². The number of carboxylic acids is 1. The maximum Gasteiger partial charge on any atom is 0.328 e. The van der Waals surface area contributed by atoms with Crippen molar-refractivity contribution in [2.75, 3.05) is 0 Å². The van der Waals surface area contributed by atoms with Crippen LogP contribution in [0.5, 0.6) is 0 Å². The Morgan fingerprint density at radius 1 is 1.05 bits per heavy atom. The van der Waals surface area contributed by atoms with Gasteiger partial charge in [-0.15, -0.1) is 0 Å². The van der Waals surface area contributed by atoms with E-state index in [0.29, 0.717) is 16.5 Å². The predicted molar refractivity (Wildman–Crippen MR) is 82.4 cm³/mol. The Balaban J connectivity index is 2.30. The van der Waals surface area contributed by atoms with Gasteiger partial charge in [0.15, 0.2) is 0 Å². The third kappa shape index (κ3) is 4.12. The van der Waals surface area contributed by atoms with Crippen molar-refractivity contribution >= 4 is 35.2 Å². The van der Waals surface area contributed by atoms with Gasteiger partial charge in [0, 0.05) is 16.1 Å². The van der Waals surface area contributed by atoms with Crippen molar-refractivity contribution in [1.29, 1.82) is 0 Å². The summed E-state index contributed by atoms with van der Waals surface area (Å²) in [6.07, 6.45) is 3.35. The van der Waals surface area contributed by atoms with Crippen LogP contribution in [0.3, 0.4) is 0 Å². The standard InChI is InChI=1S/C16H12Cl2O2/c17-14-5-1-11(2-6-14)9-12-3-7-15(18)10-13(12)4-8-16(19)20/h1-8,10H,9H2,(H,19,20)/b8-4+. The first-order valence-electron chi connectivity index (χ1n) is 5.98. The highest BCUT2D eigenvalue weighted by Gasteiger charge is 2.03. The molecule has 0 heterocycles. The van der Waals surface area contributed by atoms with Gasteiger partial charge in [-0.1, -0.05) is 41.4 Å². The van der Waals surface area contributed by atoms with Crippen molar-refractivity contribution in [2.45, 2.75) is 6.42 Å². The van der Waals surface area contributed by atoms with E-state index < -0.39 is 5.97 Å². The van der Waals surface area contributed by atoms with Crippen LogP contribution in [-0.4, -0.2) is 11.1 Å². The SMILES string of the molecule is O=C(O)/C=C/c1cc(Cl)ccc1Cc1ccc(Cl)cc1. The normalized spacial score (nSPS) is 10.9. The van der Waals surface area contributed by atoms with E-state index in [-0.39, 0.29) is 0 Å². The molecule has 0 saturated heterocycles. The van der Waals surface area contributed by atoms with E-state index in [1.165, 1.54) is 0 Å². The van der Waals surface area contributed by atoms with Gasteiger partial charge in [-0.3, -0.25) is 0 Å². The first-order chi connectivity index (χ1) is 9.54. The fourth-order valence-corrected chi connectivity index (χ4v) is 2.17. The van der Waals surface area contributed by atoms with Crippen molar-refractivity contribution in [3.05, 3.63) is 75.3 Å². The molecule has 0 unspecified atom stereocenters. The predicted octanol–water partition coefficient (Wildman–Crippen LogP) is 4.68. The summed E-state index contributed by atoms with van der Waals surface area (Å²) in [6, 6.07) is 13.0. The summed E-state index contributed by atoms with van der Waals surface area (Å²) in [5, 5.41) is 9.99. The minimum atomic E-state index is -0.984. The number of carbonyl (C=O) groups is 1. The minimum Gasteiger partial charge on any atom is -0.478 e. The Labute approximate surface area is 127 Å². The van der Waals surface area contributed by atoms with E-state index in [1.54, 1.807) is 18.2 Å². The fraction of sp³-hybridized carbons (Fsp3) is 0.0625. The lowest BCUT2D eigenvalue weighted by molar-refractivity contribution is -0.131. The molecule has 102 valence electrons. The van der Waals surface area contributed by atoms with Gasteiger partial charge in [0.2, 0.25) is 0 Å². The summed E-state index contributed by atoms with van der Waals surface area (Å²) < 4.78 is 0. The maximum atomic E-state index is 10.6. The lowest BCUT2D eigenvalue weighted by Gasteiger charge is -2.07. The Kier molecular flexibility index (Phi) is 4.83. The van der Waals surface area contributed by atoms with E-state index in [2.05, 4.69) is 0 Å². The van der Waals surface area contributed by atoms with Crippen molar-refractivity contribution in [1.82, 2.24) is 0 Å². The molecule has 0 fully saturated rings. The van der Waals surface area contributed by atoms with E-state index in [9.17, 15) is 4.79 Å². The molecular weight excluding hydrogens is 295 g/mol. The van der Waals surface area contributed by atoms with Crippen molar-refractivity contribution in [3.63, 3.8) is 0 Å². The number of aliphatic carboxylic acids is 1. The number of hydrogen-bond donors (Lipinski definition) is 1. The van der Waals surface area contributed by atoms with Gasteiger partial charge in [0.25, 0.3) is 0 Å². The molecule has 0 radical (unpaired) electrons. The molecular formula is C16H12Cl2O2. The summed E-state index contributed by atoms with van der Waals surface area (Å²) in [5.74, 6) is -0.984. The molecule has 0 aromatic heterocycles. The summed E-state index contributed by atoms with van der Waals surface area (Å²) >= 11 is 11.8. The van der Waals surface area contributed by atoms with Crippen LogP contribution in [0, 0.1) is 0 Å². The molecule has 4 heteroatoms. The zero-order valence-corrected chi connectivity index (χ0v) is 12.0. The lowest BCUT2D eigenvalue weighted by atomic mass is 9.99. The highest BCUT2D eigenvalue weighted by Crippen LogP contribution is 2.21. The monoisotopic (exact) mass is 306 g/mol. The highest BCUT2D eigenvalue weighted by molar-refractivity contribution is 6.31. The van der Waals surface area contributed by atoms with E-state index in [1.807, 2.05) is 30.3 Å². The van der Waals surface area contributed by atoms with E-state index in [0.717, 1.165) is 22.8 Å². The molecule has 2 rings (SSSR count). The Bertz CT molecular complexity index is 646. The number of carboxylic acid groups (broad SMARTS) is 1. The molecule has 0 bridgehead atoms. The largest absolute Gasteiger partial charge is 0.478 e. The third-order valence-electron chi connectivity index (χ3n) is 2.82. The second-order valence-corrected chi connectivity index (χ2v) is 5.19. The van der Waals surface area contributed by atoms with Crippen molar-refractivity contribution < 1.29 is 9.90 Å². The van der Waals surface area contributed by atoms with Gasteiger partial charge in [-0.05, 0) is 53.5 Å². The van der Waals surface area contributed by atoms with Gasteiger partial charge in [0.1, 0.15) is 0 Å². The van der Waals surface area contributed by atoms with Crippen LogP contribution in [0.1, 0.15) is 16.7 Å². The first-order valence-corrected chi connectivity index (χ1v) is 6.74. The van der Waals surface area contributed by atoms with Crippen molar-refractivity contribution in [3.8, 4) is 0 Å². The zero-order chi connectivity index (χ0) is 14.5. The van der Waals surface area contributed by atoms with Gasteiger partial charge in [0.05, 0.1) is 0 Å². The average Bonchev–Trinajstić information content (AvgIpc) is 2.41. The molecule has 0 spiro atoms. The topological polar surface area (TPSA) is 37.3 Å². The summed E-state index contributed by atoms with van der Waals surface area (Å²) in [7, 11) is 0. The van der Waals surface area contributed by atoms with Crippen LogP contribution >= 0.6 is 23.2 Å². The molecule has 0 atom stereocenters. The number of benzene rings is 2. The highest BCUT2D eigenvalue weighted by atomic mass is 35.5. The molecule has 0 saturated carbocycles. The number of rotatable bonds is 4. The van der Waals surface area contributed by atoms with Crippen LogP contribution in [0.25, 0.3) is 6.08 Å². The van der Waals surface area contributed by atoms with Gasteiger partial charge in [-0.2, -0.15) is 0 Å². The van der Waals surface area contributed by atoms with Gasteiger partial charge < -0.3 is 5.11 Å². The summed E-state index contributed by atoms with van der Waals surface area (Å²) in [5.41, 5.74) is 2.91. The Hall–Kier alpha value is -1.77. The molecule has 2 aromatic carbocycles. The van der Waals surface area contributed by atoms with Gasteiger partial charge >= 0.3 is 5.97 Å². The molecule has 20 heavy (non-hydrogen) atoms. The fourth-order valence-electron chi connectivity index (χ4n) is 1.87. The summed E-state index contributed by atoms with van der Waals surface area (Å²) in [6.45, 7) is 0. The molecule has 0 aliphatic heterocycles. The number of hydrogen-bond acceptors (Lipinski definition) is 1. The van der Waals surface area contributed by atoms with E-state index >= 15 is 0 Å². The minimum absolute atomic E-state index is 0.579. The Morgan fingerprint density at radius 3 is 2.35 bits per heavy atom. The smallest absolute Gasteiger partial charge is 0.328 e. The molecule has 0 amide bonds. The van der Waals surface area contributed by atoms with E-state index in [4.69, 9.17) is 28.3 Å². The second-order valence-electron chi connectivity index (χ2n) is 4.32. The molecule has 2 aromatic rings. The summed E-state index contributed by atoms with van der Waals surface area (Å²) in [4.78, 5) is 10.6. The van der Waals surface area contributed by atoms with Crippen LogP contribution in [-0.2, 0) is 11.2 Å². The maximum absolute atomic E-state index is 10.6. The Morgan fingerprint density at radius 2 is 1.70 bits per heavy atom. The third-order valence-corrected chi connectivity index (χ3v) is 3.31. The second kappa shape index (κ2) is 6.60. The first kappa shape index (κ1) is 14.6. The zero-order valence-electron chi connectivity index (χ0n) is 10.5. The van der Waals surface area contributed by atoms with Crippen LogP contribution in [0.2, 0.25) is 10.0 Å². The molecule has 0 aliphatic carbocycles. The molecule has 2 nitrogen and oxygen atoms in total. The van der Waals surface area contributed by atoms with Crippen LogP contribution in [0.4, 0.5) is 0 Å². The molecule has 0 aliphatic rings. The van der Waals surface area contributed by atoms with Crippen LogP contribution < -0.4 is 0 Å². The van der Waals surface area contributed by atoms with Crippen LogP contribution in [0.15, 0.2) is 48.5 Å². The number of halogens is 2. The molecule has 1 N–H and O–H groups in total.